The Morgan fingerprint density at radius 3 is 2.47 bits per heavy atom. The van der Waals surface area contributed by atoms with Crippen LogP contribution in [0.5, 0.6) is 0 Å². The average Bonchev–Trinajstić information content (AvgIpc) is 2.97. The van der Waals surface area contributed by atoms with E-state index in [0.29, 0.717) is 0 Å². The molecular formula is C17H23NS. The molecule has 0 radical (unpaired) electrons. The van der Waals surface area contributed by atoms with Crippen LogP contribution >= 0.6 is 11.3 Å². The number of rotatable bonds is 7. The van der Waals surface area contributed by atoms with Gasteiger partial charge in [-0.1, -0.05) is 44.2 Å². The van der Waals surface area contributed by atoms with Gasteiger partial charge in [0.1, 0.15) is 0 Å². The highest BCUT2D eigenvalue weighted by Crippen LogP contribution is 2.32. The molecule has 0 fully saturated rings. The van der Waals surface area contributed by atoms with Gasteiger partial charge in [0.15, 0.2) is 0 Å². The first kappa shape index (κ1) is 14.3. The van der Waals surface area contributed by atoms with E-state index in [4.69, 9.17) is 0 Å². The lowest BCUT2D eigenvalue weighted by Gasteiger charge is -2.34. The second-order valence-corrected chi connectivity index (χ2v) is 5.87. The van der Waals surface area contributed by atoms with Gasteiger partial charge in [-0.05, 0) is 47.3 Å². The maximum Gasteiger partial charge on any atom is 0.0116 e. The Hall–Kier alpha value is -1.12. The zero-order valence-electron chi connectivity index (χ0n) is 11.9. The van der Waals surface area contributed by atoms with Gasteiger partial charge in [-0.3, -0.25) is 0 Å². The van der Waals surface area contributed by atoms with Crippen LogP contribution in [-0.2, 0) is 11.8 Å². The minimum Gasteiger partial charge on any atom is -0.316 e. The molecule has 2 aromatic rings. The fourth-order valence-electron chi connectivity index (χ4n) is 2.66. The van der Waals surface area contributed by atoms with Gasteiger partial charge in [-0.15, -0.1) is 0 Å². The molecule has 2 heteroatoms. The highest BCUT2D eigenvalue weighted by atomic mass is 32.1. The lowest BCUT2D eigenvalue weighted by Crippen LogP contribution is -2.39. The largest absolute Gasteiger partial charge is 0.316 e. The Morgan fingerprint density at radius 2 is 1.89 bits per heavy atom. The third-order valence-corrected chi connectivity index (χ3v) is 4.63. The van der Waals surface area contributed by atoms with Crippen molar-refractivity contribution >= 4 is 11.3 Å². The summed E-state index contributed by atoms with van der Waals surface area (Å²) in [6.45, 7) is 6.55. The summed E-state index contributed by atoms with van der Waals surface area (Å²) in [7, 11) is 0. The van der Waals surface area contributed by atoms with Crippen molar-refractivity contribution in [1.82, 2.24) is 5.32 Å². The van der Waals surface area contributed by atoms with Crippen LogP contribution in [0.4, 0.5) is 0 Å². The molecule has 102 valence electrons. The number of thiophene rings is 1. The Balaban J connectivity index is 2.30. The van der Waals surface area contributed by atoms with E-state index < -0.39 is 0 Å². The predicted octanol–water partition coefficient (Wildman–Crippen LogP) is 4.25. The fourth-order valence-corrected chi connectivity index (χ4v) is 3.33. The third-order valence-electron chi connectivity index (χ3n) is 3.90. The molecule has 0 aliphatic carbocycles. The molecule has 1 unspecified atom stereocenters. The Kier molecular flexibility index (Phi) is 5.17. The van der Waals surface area contributed by atoms with E-state index in [-0.39, 0.29) is 5.41 Å². The first-order valence-electron chi connectivity index (χ1n) is 7.08. The predicted molar refractivity (Wildman–Crippen MR) is 85.0 cm³/mol. The van der Waals surface area contributed by atoms with Gasteiger partial charge in [-0.2, -0.15) is 11.3 Å². The molecule has 1 atom stereocenters. The van der Waals surface area contributed by atoms with E-state index in [9.17, 15) is 0 Å². The summed E-state index contributed by atoms with van der Waals surface area (Å²) in [6.07, 6.45) is 2.27. The quantitative estimate of drug-likeness (QED) is 0.795. The fraction of sp³-hybridized carbons (Fsp3) is 0.412. The zero-order chi connectivity index (χ0) is 13.6. The van der Waals surface area contributed by atoms with Crippen LogP contribution in [0, 0.1) is 0 Å². The number of benzene rings is 1. The van der Waals surface area contributed by atoms with E-state index in [1.165, 1.54) is 11.1 Å². The minimum absolute atomic E-state index is 0.207. The van der Waals surface area contributed by atoms with E-state index in [1.807, 2.05) is 0 Å². The van der Waals surface area contributed by atoms with E-state index in [1.54, 1.807) is 11.3 Å². The summed E-state index contributed by atoms with van der Waals surface area (Å²) in [5.41, 5.74) is 3.11. The van der Waals surface area contributed by atoms with Gasteiger partial charge in [0, 0.05) is 12.0 Å². The molecule has 1 heterocycles. The Bertz CT molecular complexity index is 463. The highest BCUT2D eigenvalue weighted by molar-refractivity contribution is 7.07. The summed E-state index contributed by atoms with van der Waals surface area (Å²) < 4.78 is 0. The molecule has 19 heavy (non-hydrogen) atoms. The molecule has 1 aromatic carbocycles. The number of hydrogen-bond donors (Lipinski definition) is 1. The molecular weight excluding hydrogens is 250 g/mol. The smallest absolute Gasteiger partial charge is 0.0116 e. The second kappa shape index (κ2) is 6.88. The van der Waals surface area contributed by atoms with Crippen LogP contribution in [0.2, 0.25) is 0 Å². The Labute approximate surface area is 120 Å². The summed E-state index contributed by atoms with van der Waals surface area (Å²) >= 11 is 1.79. The normalized spacial score (nSPS) is 14.2. The molecule has 0 saturated heterocycles. The molecule has 0 aliphatic rings. The number of hydrogen-bond acceptors (Lipinski definition) is 2. The molecule has 0 saturated carbocycles. The molecule has 2 rings (SSSR count). The Morgan fingerprint density at radius 1 is 1.11 bits per heavy atom. The van der Waals surface area contributed by atoms with Crippen molar-refractivity contribution in [3.05, 3.63) is 58.3 Å². The molecule has 1 N–H and O–H groups in total. The van der Waals surface area contributed by atoms with Crippen LogP contribution in [-0.4, -0.2) is 13.1 Å². The van der Waals surface area contributed by atoms with E-state index >= 15 is 0 Å². The number of likely N-dealkylation sites (N-methyl/N-ethyl adjacent to an activating group) is 1. The van der Waals surface area contributed by atoms with E-state index in [0.717, 1.165) is 25.9 Å². The monoisotopic (exact) mass is 273 g/mol. The van der Waals surface area contributed by atoms with Crippen molar-refractivity contribution in [1.29, 1.82) is 0 Å². The zero-order valence-corrected chi connectivity index (χ0v) is 12.7. The summed E-state index contributed by atoms with van der Waals surface area (Å²) in [6, 6.07) is 13.2. The minimum atomic E-state index is 0.207. The topological polar surface area (TPSA) is 12.0 Å². The standard InChI is InChI=1S/C17H23NS/c1-3-17(14-18-4-2,12-15-10-11-19-13-15)16-8-6-5-7-9-16/h5-11,13,18H,3-4,12,14H2,1-2H3. The van der Waals surface area contributed by atoms with Crippen LogP contribution in [0.25, 0.3) is 0 Å². The maximum absolute atomic E-state index is 3.55. The molecule has 0 amide bonds. The highest BCUT2D eigenvalue weighted by Gasteiger charge is 2.30. The van der Waals surface area contributed by atoms with Gasteiger partial charge in [0.25, 0.3) is 0 Å². The first-order chi connectivity index (χ1) is 9.30. The molecule has 1 aromatic heterocycles. The lowest BCUT2D eigenvalue weighted by atomic mass is 9.73. The van der Waals surface area contributed by atoms with Crippen LogP contribution in [0.3, 0.4) is 0 Å². The van der Waals surface area contributed by atoms with E-state index in [2.05, 4.69) is 66.3 Å². The van der Waals surface area contributed by atoms with Crippen molar-refractivity contribution in [2.45, 2.75) is 32.1 Å². The summed E-state index contributed by atoms with van der Waals surface area (Å²) in [5, 5.41) is 8.01. The van der Waals surface area contributed by atoms with Crippen LogP contribution in [0.1, 0.15) is 31.4 Å². The van der Waals surface area contributed by atoms with Gasteiger partial charge in [0.05, 0.1) is 0 Å². The molecule has 0 spiro atoms. The average molecular weight is 273 g/mol. The molecule has 1 nitrogen and oxygen atoms in total. The maximum atomic E-state index is 3.55. The van der Waals surface area contributed by atoms with Crippen molar-refractivity contribution in [2.24, 2.45) is 0 Å². The molecule has 0 bridgehead atoms. The number of nitrogens with one attached hydrogen (secondary N) is 1. The van der Waals surface area contributed by atoms with Crippen molar-refractivity contribution in [3.63, 3.8) is 0 Å². The van der Waals surface area contributed by atoms with Crippen molar-refractivity contribution in [3.8, 4) is 0 Å². The van der Waals surface area contributed by atoms with Gasteiger partial charge < -0.3 is 5.32 Å². The summed E-state index contributed by atoms with van der Waals surface area (Å²) in [4.78, 5) is 0. The first-order valence-corrected chi connectivity index (χ1v) is 8.02. The third kappa shape index (κ3) is 3.46. The van der Waals surface area contributed by atoms with Gasteiger partial charge >= 0.3 is 0 Å². The van der Waals surface area contributed by atoms with Crippen LogP contribution in [0.15, 0.2) is 47.2 Å². The van der Waals surface area contributed by atoms with Crippen molar-refractivity contribution in [2.75, 3.05) is 13.1 Å². The SMILES string of the molecule is CCNCC(CC)(Cc1ccsc1)c1ccccc1. The van der Waals surface area contributed by atoms with Gasteiger partial charge in [0.2, 0.25) is 0 Å². The molecule has 0 aliphatic heterocycles. The van der Waals surface area contributed by atoms with Crippen molar-refractivity contribution < 1.29 is 0 Å². The second-order valence-electron chi connectivity index (χ2n) is 5.09. The lowest BCUT2D eigenvalue weighted by molar-refractivity contribution is 0.382. The van der Waals surface area contributed by atoms with Crippen LogP contribution < -0.4 is 5.32 Å². The summed E-state index contributed by atoms with van der Waals surface area (Å²) in [5.74, 6) is 0. The van der Waals surface area contributed by atoms with Gasteiger partial charge in [-0.25, -0.2) is 0 Å².